The molecule has 0 bridgehead atoms. The summed E-state index contributed by atoms with van der Waals surface area (Å²) in [6.07, 6.45) is 0.996. The standard InChI is InChI=1S/C13H16ClN3O2/c1-8-2-11(3-15-12(8)14)16-4-9-6-17(13(18)19)7-10(9)5-16/h2-3,9-10H,4-7H2,1H3,(H,18,19)/t9-,10+. The summed E-state index contributed by atoms with van der Waals surface area (Å²) in [5, 5.41) is 9.55. The molecule has 2 atom stereocenters. The van der Waals surface area contributed by atoms with E-state index < -0.39 is 6.09 Å². The van der Waals surface area contributed by atoms with Crippen molar-refractivity contribution in [3.63, 3.8) is 0 Å². The molecule has 0 saturated carbocycles. The van der Waals surface area contributed by atoms with Crippen LogP contribution in [0.3, 0.4) is 0 Å². The molecule has 3 rings (SSSR count). The van der Waals surface area contributed by atoms with E-state index in [1.807, 2.05) is 13.0 Å². The summed E-state index contributed by atoms with van der Waals surface area (Å²) in [7, 11) is 0. The van der Waals surface area contributed by atoms with Crippen LogP contribution in [0.1, 0.15) is 5.56 Å². The van der Waals surface area contributed by atoms with Crippen molar-refractivity contribution in [3.8, 4) is 0 Å². The molecule has 1 aromatic rings. The molecule has 2 aliphatic heterocycles. The van der Waals surface area contributed by atoms with E-state index in [2.05, 4.69) is 9.88 Å². The van der Waals surface area contributed by atoms with E-state index in [0.29, 0.717) is 30.1 Å². The van der Waals surface area contributed by atoms with E-state index in [1.165, 1.54) is 4.90 Å². The van der Waals surface area contributed by atoms with Gasteiger partial charge in [-0.25, -0.2) is 9.78 Å². The predicted octanol–water partition coefficient (Wildman–Crippen LogP) is 2.09. The fourth-order valence-electron chi connectivity index (χ4n) is 3.08. The molecule has 6 heteroatoms. The maximum Gasteiger partial charge on any atom is 0.407 e. The Morgan fingerprint density at radius 3 is 2.53 bits per heavy atom. The summed E-state index contributed by atoms with van der Waals surface area (Å²) in [5.41, 5.74) is 2.06. The van der Waals surface area contributed by atoms with Crippen molar-refractivity contribution in [2.45, 2.75) is 6.92 Å². The molecule has 1 N–H and O–H groups in total. The van der Waals surface area contributed by atoms with Crippen molar-refractivity contribution in [2.24, 2.45) is 11.8 Å². The molecule has 5 nitrogen and oxygen atoms in total. The first kappa shape index (κ1) is 12.5. The van der Waals surface area contributed by atoms with Gasteiger partial charge in [-0.2, -0.15) is 0 Å². The molecule has 2 fully saturated rings. The normalized spacial score (nSPS) is 25.8. The van der Waals surface area contributed by atoms with Crippen molar-refractivity contribution in [2.75, 3.05) is 31.1 Å². The minimum Gasteiger partial charge on any atom is -0.465 e. The van der Waals surface area contributed by atoms with E-state index in [9.17, 15) is 4.79 Å². The molecule has 2 saturated heterocycles. The van der Waals surface area contributed by atoms with Crippen LogP contribution in [0, 0.1) is 18.8 Å². The highest BCUT2D eigenvalue weighted by molar-refractivity contribution is 6.30. The SMILES string of the molecule is Cc1cc(N2C[C@H]3CN(C(=O)O)C[C@H]3C2)cnc1Cl. The highest BCUT2D eigenvalue weighted by atomic mass is 35.5. The third-order valence-electron chi connectivity index (χ3n) is 4.12. The van der Waals surface area contributed by atoms with Gasteiger partial charge in [0.25, 0.3) is 0 Å². The summed E-state index contributed by atoms with van der Waals surface area (Å²) in [5.74, 6) is 0.874. The van der Waals surface area contributed by atoms with Crippen LogP contribution in [0.5, 0.6) is 0 Å². The number of amides is 1. The van der Waals surface area contributed by atoms with Crippen LogP contribution in [0.4, 0.5) is 10.5 Å². The zero-order valence-electron chi connectivity index (χ0n) is 10.7. The number of rotatable bonds is 1. The number of likely N-dealkylation sites (tertiary alicyclic amines) is 1. The van der Waals surface area contributed by atoms with E-state index >= 15 is 0 Å². The van der Waals surface area contributed by atoms with E-state index in [-0.39, 0.29) is 0 Å². The number of aryl methyl sites for hydroxylation is 1. The predicted molar refractivity (Wildman–Crippen MR) is 72.8 cm³/mol. The Balaban J connectivity index is 1.71. The molecule has 102 valence electrons. The van der Waals surface area contributed by atoms with Gasteiger partial charge in [-0.15, -0.1) is 0 Å². The third kappa shape index (κ3) is 2.23. The van der Waals surface area contributed by atoms with E-state index in [4.69, 9.17) is 16.7 Å². The average molecular weight is 282 g/mol. The van der Waals surface area contributed by atoms with Crippen LogP contribution in [-0.4, -0.2) is 47.3 Å². The number of aromatic nitrogens is 1. The second kappa shape index (κ2) is 4.56. The zero-order valence-corrected chi connectivity index (χ0v) is 11.5. The second-order valence-electron chi connectivity index (χ2n) is 5.41. The topological polar surface area (TPSA) is 56.7 Å². The Bertz CT molecular complexity index is 509. The van der Waals surface area contributed by atoms with Crippen LogP contribution < -0.4 is 4.90 Å². The number of nitrogens with zero attached hydrogens (tertiary/aromatic N) is 3. The largest absolute Gasteiger partial charge is 0.465 e. The molecule has 0 unspecified atom stereocenters. The van der Waals surface area contributed by atoms with Gasteiger partial charge in [-0.05, 0) is 18.6 Å². The van der Waals surface area contributed by atoms with Crippen molar-refractivity contribution >= 4 is 23.4 Å². The third-order valence-corrected chi connectivity index (χ3v) is 4.52. The number of hydrogen-bond acceptors (Lipinski definition) is 3. The fourth-order valence-corrected chi connectivity index (χ4v) is 3.18. The lowest BCUT2D eigenvalue weighted by atomic mass is 10.0. The van der Waals surface area contributed by atoms with Gasteiger partial charge >= 0.3 is 6.09 Å². The van der Waals surface area contributed by atoms with Gasteiger partial charge in [-0.3, -0.25) is 0 Å². The molecule has 2 aliphatic rings. The smallest absolute Gasteiger partial charge is 0.407 e. The fraction of sp³-hybridized carbons (Fsp3) is 0.538. The van der Waals surface area contributed by atoms with Crippen molar-refractivity contribution in [1.82, 2.24) is 9.88 Å². The first-order valence-electron chi connectivity index (χ1n) is 6.39. The van der Waals surface area contributed by atoms with Crippen molar-refractivity contribution in [1.29, 1.82) is 0 Å². The number of fused-ring (bicyclic) bond motifs is 1. The zero-order chi connectivity index (χ0) is 13.6. The molecule has 0 radical (unpaired) electrons. The molecular formula is C13H16ClN3O2. The van der Waals surface area contributed by atoms with Gasteiger partial charge in [0.1, 0.15) is 5.15 Å². The van der Waals surface area contributed by atoms with E-state index in [0.717, 1.165) is 24.3 Å². The van der Waals surface area contributed by atoms with Crippen molar-refractivity contribution < 1.29 is 9.90 Å². The molecule has 1 aromatic heterocycles. The molecule has 19 heavy (non-hydrogen) atoms. The van der Waals surface area contributed by atoms with Crippen LogP contribution in [0.25, 0.3) is 0 Å². The average Bonchev–Trinajstić information content (AvgIpc) is 2.90. The summed E-state index contributed by atoms with van der Waals surface area (Å²) in [6.45, 7) is 5.04. The van der Waals surface area contributed by atoms with Gasteiger partial charge in [0.15, 0.2) is 0 Å². The van der Waals surface area contributed by atoms with Crippen molar-refractivity contribution in [3.05, 3.63) is 23.0 Å². The molecule has 0 spiro atoms. The minimum atomic E-state index is -0.801. The molecule has 3 heterocycles. The molecule has 0 aromatic carbocycles. The van der Waals surface area contributed by atoms with Gasteiger partial charge in [0.2, 0.25) is 0 Å². The van der Waals surface area contributed by atoms with Crippen LogP contribution >= 0.6 is 11.6 Å². The Morgan fingerprint density at radius 2 is 2.00 bits per heavy atom. The number of pyridine rings is 1. The van der Waals surface area contributed by atoms with E-state index in [1.54, 1.807) is 6.20 Å². The summed E-state index contributed by atoms with van der Waals surface area (Å²) >= 11 is 5.94. The number of halogens is 1. The summed E-state index contributed by atoms with van der Waals surface area (Å²) in [6, 6.07) is 2.05. The highest BCUT2D eigenvalue weighted by Crippen LogP contribution is 2.34. The lowest BCUT2D eigenvalue weighted by molar-refractivity contribution is 0.153. The van der Waals surface area contributed by atoms with Gasteiger partial charge < -0.3 is 14.9 Å². The van der Waals surface area contributed by atoms with Gasteiger partial charge in [0, 0.05) is 38.0 Å². The quantitative estimate of drug-likeness (QED) is 0.801. The van der Waals surface area contributed by atoms with Crippen LogP contribution in [0.2, 0.25) is 5.15 Å². The number of carboxylic acid groups (broad SMARTS) is 1. The first-order valence-corrected chi connectivity index (χ1v) is 6.77. The van der Waals surface area contributed by atoms with Crippen LogP contribution in [0.15, 0.2) is 12.3 Å². The lowest BCUT2D eigenvalue weighted by Gasteiger charge is -2.22. The number of carbonyl (C=O) groups is 1. The first-order chi connectivity index (χ1) is 9.04. The Morgan fingerprint density at radius 1 is 1.37 bits per heavy atom. The van der Waals surface area contributed by atoms with Gasteiger partial charge in [0.05, 0.1) is 11.9 Å². The monoisotopic (exact) mass is 281 g/mol. The molecule has 1 amide bonds. The Labute approximate surface area is 116 Å². The summed E-state index contributed by atoms with van der Waals surface area (Å²) < 4.78 is 0. The molecule has 0 aliphatic carbocycles. The highest BCUT2D eigenvalue weighted by Gasteiger charge is 2.41. The lowest BCUT2D eigenvalue weighted by Crippen LogP contribution is -2.32. The minimum absolute atomic E-state index is 0.437. The Kier molecular flexibility index (Phi) is 3.01. The Hall–Kier alpha value is -1.49. The van der Waals surface area contributed by atoms with Gasteiger partial charge in [-0.1, -0.05) is 11.6 Å². The van der Waals surface area contributed by atoms with Crippen LogP contribution in [-0.2, 0) is 0 Å². The summed E-state index contributed by atoms with van der Waals surface area (Å²) in [4.78, 5) is 18.9. The number of anilines is 1. The maximum atomic E-state index is 11.0. The molecular weight excluding hydrogens is 266 g/mol. The maximum absolute atomic E-state index is 11.0. The second-order valence-corrected chi connectivity index (χ2v) is 5.77. The number of hydrogen-bond donors (Lipinski definition) is 1.